The second kappa shape index (κ2) is 7.03. The molecule has 25 heavy (non-hydrogen) atoms. The van der Waals surface area contributed by atoms with E-state index in [1.54, 1.807) is 19.2 Å². The minimum absolute atomic E-state index is 0.0608. The predicted molar refractivity (Wildman–Crippen MR) is 87.5 cm³/mol. The smallest absolute Gasteiger partial charge is 0.422 e. The van der Waals surface area contributed by atoms with Gasteiger partial charge >= 0.3 is 6.18 Å². The number of pyridine rings is 1. The Morgan fingerprint density at radius 1 is 1.40 bits per heavy atom. The van der Waals surface area contributed by atoms with Crippen LogP contribution in [0.5, 0.6) is 5.06 Å². The highest BCUT2D eigenvalue weighted by atomic mass is 32.1. The number of alkyl halides is 3. The fraction of sp³-hybridized carbons (Fsp3) is 0.412. The number of aromatic nitrogens is 1. The quantitative estimate of drug-likeness (QED) is 0.834. The third-order valence-corrected chi connectivity index (χ3v) is 5.14. The van der Waals surface area contributed by atoms with Gasteiger partial charge in [-0.25, -0.2) is 0 Å². The Balaban J connectivity index is 1.52. The minimum atomic E-state index is -4.36. The van der Waals surface area contributed by atoms with Gasteiger partial charge in [-0.3, -0.25) is 9.78 Å². The molecule has 1 saturated carbocycles. The number of hydrogen-bond donors (Lipinski definition) is 1. The Bertz CT molecular complexity index is 733. The molecule has 0 saturated heterocycles. The molecule has 3 atom stereocenters. The summed E-state index contributed by atoms with van der Waals surface area (Å²) in [5.74, 6) is -0.0185. The second-order valence-electron chi connectivity index (χ2n) is 5.99. The van der Waals surface area contributed by atoms with Crippen molar-refractivity contribution in [3.05, 3.63) is 47.1 Å². The fourth-order valence-corrected chi connectivity index (χ4v) is 3.45. The van der Waals surface area contributed by atoms with Gasteiger partial charge in [-0.1, -0.05) is 6.07 Å². The lowest BCUT2D eigenvalue weighted by molar-refractivity contribution is -0.152. The van der Waals surface area contributed by atoms with Crippen LogP contribution in [-0.2, 0) is 4.79 Å². The Hall–Kier alpha value is -2.09. The number of nitrogens with zero attached hydrogens (tertiary/aromatic N) is 1. The molecular formula is C17H17F3N2O2S. The molecule has 2 aromatic heterocycles. The molecule has 1 unspecified atom stereocenters. The van der Waals surface area contributed by atoms with Crippen LogP contribution in [0.4, 0.5) is 13.2 Å². The molecule has 2 heterocycles. The van der Waals surface area contributed by atoms with E-state index in [1.807, 2.05) is 18.2 Å². The van der Waals surface area contributed by atoms with Crippen LogP contribution >= 0.6 is 11.3 Å². The maximum absolute atomic E-state index is 12.3. The fourth-order valence-electron chi connectivity index (χ4n) is 2.60. The van der Waals surface area contributed by atoms with Gasteiger partial charge < -0.3 is 10.1 Å². The first kappa shape index (κ1) is 17.7. The highest BCUT2D eigenvalue weighted by Crippen LogP contribution is 2.47. The van der Waals surface area contributed by atoms with E-state index in [2.05, 4.69) is 10.3 Å². The van der Waals surface area contributed by atoms with Crippen LogP contribution in [0.3, 0.4) is 0 Å². The Kier molecular flexibility index (Phi) is 4.99. The number of hydrogen-bond acceptors (Lipinski definition) is 4. The minimum Gasteiger partial charge on any atom is -0.475 e. The zero-order valence-corrected chi connectivity index (χ0v) is 14.2. The van der Waals surface area contributed by atoms with E-state index in [4.69, 9.17) is 4.74 Å². The van der Waals surface area contributed by atoms with Crippen molar-refractivity contribution in [1.29, 1.82) is 0 Å². The van der Waals surface area contributed by atoms with Gasteiger partial charge in [0.25, 0.3) is 0 Å². The summed E-state index contributed by atoms with van der Waals surface area (Å²) in [6.07, 6.45) is -1.89. The van der Waals surface area contributed by atoms with Crippen LogP contribution in [0.2, 0.25) is 0 Å². The molecule has 3 rings (SSSR count). The van der Waals surface area contributed by atoms with Crippen molar-refractivity contribution in [3.63, 3.8) is 0 Å². The van der Waals surface area contributed by atoms with Gasteiger partial charge in [0.15, 0.2) is 11.7 Å². The number of nitrogens with one attached hydrogen (secondary N) is 1. The van der Waals surface area contributed by atoms with Crippen molar-refractivity contribution in [3.8, 4) is 5.06 Å². The summed E-state index contributed by atoms with van der Waals surface area (Å²) in [5, 5.41) is 3.10. The topological polar surface area (TPSA) is 51.2 Å². The molecule has 0 bridgehead atoms. The molecule has 0 spiro atoms. The van der Waals surface area contributed by atoms with Gasteiger partial charge in [0, 0.05) is 28.6 Å². The Labute approximate surface area is 147 Å². The van der Waals surface area contributed by atoms with E-state index in [9.17, 15) is 18.0 Å². The van der Waals surface area contributed by atoms with Crippen molar-refractivity contribution in [1.82, 2.24) is 10.3 Å². The summed E-state index contributed by atoms with van der Waals surface area (Å²) in [4.78, 5) is 17.3. The zero-order valence-electron chi connectivity index (χ0n) is 13.4. The molecule has 2 aromatic rings. The van der Waals surface area contributed by atoms with Crippen LogP contribution in [-0.4, -0.2) is 23.7 Å². The average Bonchev–Trinajstić information content (AvgIpc) is 3.23. The molecule has 1 fully saturated rings. The summed E-state index contributed by atoms with van der Waals surface area (Å²) in [6.45, 7) is 0.483. The molecule has 1 N–H and O–H groups in total. The lowest BCUT2D eigenvalue weighted by Gasteiger charge is -2.12. The Morgan fingerprint density at radius 3 is 2.88 bits per heavy atom. The van der Waals surface area contributed by atoms with Crippen molar-refractivity contribution in [2.75, 3.05) is 6.61 Å². The monoisotopic (exact) mass is 370 g/mol. The normalized spacial score (nSPS) is 20.8. The number of rotatable bonds is 6. The SMILES string of the molecule is CC(NC(=O)[C@@H]1C[C@H]1c1ccccn1)c1ccc(OCC(F)(F)F)s1. The van der Waals surface area contributed by atoms with Crippen LogP contribution in [0.1, 0.15) is 35.9 Å². The molecular weight excluding hydrogens is 353 g/mol. The summed E-state index contributed by atoms with van der Waals surface area (Å²) in [6, 6.07) is 8.51. The number of halogens is 3. The van der Waals surface area contributed by atoms with Crippen LogP contribution in [0.15, 0.2) is 36.5 Å². The molecule has 1 aliphatic rings. The molecule has 0 aromatic carbocycles. The van der Waals surface area contributed by atoms with Gasteiger partial charge in [-0.2, -0.15) is 13.2 Å². The first-order valence-corrected chi connectivity index (χ1v) is 8.66. The molecule has 4 nitrogen and oxygen atoms in total. The molecule has 0 aliphatic heterocycles. The number of carbonyl (C=O) groups excluding carboxylic acids is 1. The first-order valence-electron chi connectivity index (χ1n) is 7.84. The van der Waals surface area contributed by atoms with Gasteiger partial charge in [0.05, 0.1) is 6.04 Å². The maximum Gasteiger partial charge on any atom is 0.422 e. The lowest BCUT2D eigenvalue weighted by Crippen LogP contribution is -2.28. The zero-order chi connectivity index (χ0) is 18.0. The van der Waals surface area contributed by atoms with Gasteiger partial charge in [0.2, 0.25) is 5.91 Å². The van der Waals surface area contributed by atoms with Crippen molar-refractivity contribution >= 4 is 17.2 Å². The van der Waals surface area contributed by atoms with Crippen LogP contribution in [0.25, 0.3) is 0 Å². The largest absolute Gasteiger partial charge is 0.475 e. The van der Waals surface area contributed by atoms with E-state index < -0.39 is 12.8 Å². The number of amides is 1. The highest BCUT2D eigenvalue weighted by molar-refractivity contribution is 7.13. The summed E-state index contributed by atoms with van der Waals surface area (Å²) in [5.41, 5.74) is 0.911. The average molecular weight is 370 g/mol. The maximum atomic E-state index is 12.3. The van der Waals surface area contributed by atoms with E-state index >= 15 is 0 Å². The highest BCUT2D eigenvalue weighted by Gasteiger charge is 2.45. The second-order valence-corrected chi connectivity index (χ2v) is 7.07. The van der Waals surface area contributed by atoms with E-state index in [0.29, 0.717) is 0 Å². The molecule has 134 valence electrons. The summed E-state index contributed by atoms with van der Waals surface area (Å²) in [7, 11) is 0. The van der Waals surface area contributed by atoms with Crippen LogP contribution in [0, 0.1) is 5.92 Å². The molecule has 8 heteroatoms. The number of thiophene rings is 1. The predicted octanol–water partition coefficient (Wildman–Crippen LogP) is 4.07. The molecule has 1 aliphatic carbocycles. The first-order chi connectivity index (χ1) is 11.8. The number of ether oxygens (including phenoxy) is 1. The molecule has 0 radical (unpaired) electrons. The third kappa shape index (κ3) is 4.72. The third-order valence-electron chi connectivity index (χ3n) is 3.96. The van der Waals surface area contributed by atoms with E-state index in [0.717, 1.165) is 28.3 Å². The summed E-state index contributed by atoms with van der Waals surface area (Å²) < 4.78 is 41.2. The van der Waals surface area contributed by atoms with Gasteiger partial charge in [0.1, 0.15) is 0 Å². The van der Waals surface area contributed by atoms with Gasteiger partial charge in [-0.15, -0.1) is 11.3 Å². The van der Waals surface area contributed by atoms with E-state index in [1.165, 1.54) is 6.07 Å². The van der Waals surface area contributed by atoms with E-state index in [-0.39, 0.29) is 28.8 Å². The standard InChI is InChI=1S/C17H17F3N2O2S/c1-10(14-5-6-15(25-14)24-9-17(18,19)20)22-16(23)12-8-11(12)13-4-2-3-7-21-13/h2-7,10-12H,8-9H2,1H3,(H,22,23)/t10?,11-,12-/m1/s1. The number of carbonyl (C=O) groups is 1. The lowest BCUT2D eigenvalue weighted by atomic mass is 10.2. The van der Waals surface area contributed by atoms with Crippen molar-refractivity contribution < 1.29 is 22.7 Å². The van der Waals surface area contributed by atoms with Crippen molar-refractivity contribution in [2.45, 2.75) is 31.5 Å². The van der Waals surface area contributed by atoms with Crippen molar-refractivity contribution in [2.24, 2.45) is 5.92 Å². The molecule has 1 amide bonds. The van der Waals surface area contributed by atoms with Crippen LogP contribution < -0.4 is 10.1 Å². The van der Waals surface area contributed by atoms with Gasteiger partial charge in [-0.05, 0) is 37.6 Å². The Morgan fingerprint density at radius 2 is 2.20 bits per heavy atom. The summed E-state index contributed by atoms with van der Waals surface area (Å²) >= 11 is 1.10.